The van der Waals surface area contributed by atoms with E-state index in [-0.39, 0.29) is 73.7 Å². The Hall–Kier alpha value is -5.25. The second-order valence-electron chi connectivity index (χ2n) is 14.2. The number of hydrogen-bond acceptors (Lipinski definition) is 12. The summed E-state index contributed by atoms with van der Waals surface area (Å²) in [6.45, 7) is 7.24. The van der Waals surface area contributed by atoms with E-state index in [0.29, 0.717) is 46.3 Å². The molecule has 3 aromatic heterocycles. The van der Waals surface area contributed by atoms with Crippen molar-refractivity contribution in [1.82, 2.24) is 24.8 Å². The van der Waals surface area contributed by atoms with E-state index in [1.165, 1.54) is 33.7 Å². The maximum absolute atomic E-state index is 14.1. The minimum absolute atomic E-state index is 0.0327. The lowest BCUT2D eigenvalue weighted by atomic mass is 9.36. The smallest absolute Gasteiger partial charge is 0.263 e. The number of rotatable bonds is 13. The van der Waals surface area contributed by atoms with E-state index >= 15 is 0 Å². The maximum Gasteiger partial charge on any atom is 0.263 e. The van der Waals surface area contributed by atoms with Crippen LogP contribution in [-0.2, 0) is 29.1 Å². The molecule has 3 saturated carbocycles. The number of nitrogen functional groups attached to an aromatic ring is 1. The van der Waals surface area contributed by atoms with E-state index in [4.69, 9.17) is 19.9 Å². The first kappa shape index (κ1) is 36.5. The first-order valence-electron chi connectivity index (χ1n) is 17.5. The molecule has 1 saturated heterocycles. The molecule has 16 nitrogen and oxygen atoms in total. The topological polar surface area (TPSA) is 199 Å². The average Bonchev–Trinajstić information content (AvgIpc) is 3.10. The molecule has 0 unspecified atom stereocenters. The summed E-state index contributed by atoms with van der Waals surface area (Å²) in [5.74, 6) is 0.338. The molecule has 0 atom stereocenters. The lowest BCUT2D eigenvalue weighted by Gasteiger charge is -2.72. The number of carbonyl (C=O) groups excluding carboxylic acids is 2. The van der Waals surface area contributed by atoms with Crippen LogP contribution in [0.2, 0.25) is 0 Å². The Balaban J connectivity index is 1.30. The molecule has 0 radical (unpaired) electrons. The van der Waals surface area contributed by atoms with Crippen molar-refractivity contribution in [2.24, 2.45) is 21.6 Å². The van der Waals surface area contributed by atoms with Crippen LogP contribution >= 0.6 is 0 Å². The Labute approximate surface area is 301 Å². The summed E-state index contributed by atoms with van der Waals surface area (Å²) in [6, 6.07) is 3.23. The number of nitrogens with two attached hydrogens (primary N) is 1. The Kier molecular flexibility index (Phi) is 10.1. The van der Waals surface area contributed by atoms with Gasteiger partial charge in [-0.15, -0.1) is 10.2 Å². The fraction of sp³-hybridized carbons (Fsp3) is 0.528. The van der Waals surface area contributed by atoms with Gasteiger partial charge in [0.15, 0.2) is 5.82 Å². The van der Waals surface area contributed by atoms with Crippen molar-refractivity contribution in [1.29, 1.82) is 0 Å². The van der Waals surface area contributed by atoms with Crippen LogP contribution in [0.25, 0.3) is 0 Å². The molecule has 4 fully saturated rings. The van der Waals surface area contributed by atoms with Crippen LogP contribution in [0, 0.1) is 11.3 Å². The SMILES string of the molecule is CCc1c(N2CCN(C(=O)c3c(OC)[nH]cc(COC)c3=O)CC2)c(=O)c(N)c(N=Nc2ccnc(OC)c2)n1CC(=O)NC12CC(C(C)C)(C1)C2. The Morgan fingerprint density at radius 3 is 2.38 bits per heavy atom. The number of pyridine rings is 3. The van der Waals surface area contributed by atoms with Crippen LogP contribution in [0.4, 0.5) is 22.9 Å². The van der Waals surface area contributed by atoms with Crippen LogP contribution in [0.15, 0.2) is 44.3 Å². The quantitative estimate of drug-likeness (QED) is 0.221. The summed E-state index contributed by atoms with van der Waals surface area (Å²) in [5, 5.41) is 12.0. The highest BCUT2D eigenvalue weighted by molar-refractivity contribution is 5.96. The summed E-state index contributed by atoms with van der Waals surface area (Å²) in [7, 11) is 4.34. The third-order valence-corrected chi connectivity index (χ3v) is 10.8. The number of carbonyl (C=O) groups is 2. The molecule has 4 aliphatic rings. The lowest BCUT2D eigenvalue weighted by molar-refractivity contribution is -0.187. The van der Waals surface area contributed by atoms with E-state index in [2.05, 4.69) is 39.4 Å². The number of azo groups is 1. The number of amides is 2. The van der Waals surface area contributed by atoms with Gasteiger partial charge in [0.25, 0.3) is 5.91 Å². The van der Waals surface area contributed by atoms with Gasteiger partial charge in [-0.3, -0.25) is 19.2 Å². The molecular formula is C36H47N9O7. The minimum Gasteiger partial charge on any atom is -0.482 e. The van der Waals surface area contributed by atoms with Gasteiger partial charge < -0.3 is 44.6 Å². The van der Waals surface area contributed by atoms with Crippen molar-refractivity contribution >= 4 is 34.7 Å². The molecule has 3 aliphatic carbocycles. The maximum atomic E-state index is 14.1. The Morgan fingerprint density at radius 1 is 1.06 bits per heavy atom. The van der Waals surface area contributed by atoms with Gasteiger partial charge in [-0.1, -0.05) is 20.8 Å². The predicted octanol–water partition coefficient (Wildman–Crippen LogP) is 3.31. The van der Waals surface area contributed by atoms with E-state index in [1.807, 2.05) is 11.8 Å². The van der Waals surface area contributed by atoms with Gasteiger partial charge in [-0.25, -0.2) is 4.98 Å². The number of aromatic amines is 1. The highest BCUT2D eigenvalue weighted by Gasteiger charge is 2.69. The van der Waals surface area contributed by atoms with Gasteiger partial charge in [-0.2, -0.15) is 0 Å². The molecule has 2 bridgehead atoms. The molecule has 16 heteroatoms. The molecule has 4 heterocycles. The second-order valence-corrected chi connectivity index (χ2v) is 14.2. The van der Waals surface area contributed by atoms with Crippen LogP contribution in [0.1, 0.15) is 61.6 Å². The highest BCUT2D eigenvalue weighted by atomic mass is 16.5. The summed E-state index contributed by atoms with van der Waals surface area (Å²) in [4.78, 5) is 65.1. The van der Waals surface area contributed by atoms with E-state index in [9.17, 15) is 19.2 Å². The molecule has 1 aliphatic heterocycles. The van der Waals surface area contributed by atoms with Gasteiger partial charge >= 0.3 is 0 Å². The highest BCUT2D eigenvalue weighted by Crippen LogP contribution is 2.70. The van der Waals surface area contributed by atoms with Gasteiger partial charge in [0.2, 0.25) is 28.5 Å². The largest absolute Gasteiger partial charge is 0.482 e. The Morgan fingerprint density at radius 2 is 1.77 bits per heavy atom. The van der Waals surface area contributed by atoms with Crippen LogP contribution in [-0.4, -0.2) is 84.3 Å². The zero-order valence-electron chi connectivity index (χ0n) is 30.6. The normalized spacial score (nSPS) is 20.8. The van der Waals surface area contributed by atoms with Gasteiger partial charge in [0.05, 0.1) is 26.5 Å². The fourth-order valence-corrected chi connectivity index (χ4v) is 7.96. The molecule has 52 heavy (non-hydrogen) atoms. The van der Waals surface area contributed by atoms with Gasteiger partial charge in [0.1, 0.15) is 23.5 Å². The third kappa shape index (κ3) is 6.50. The molecular weight excluding hydrogens is 670 g/mol. The summed E-state index contributed by atoms with van der Waals surface area (Å²) >= 11 is 0. The minimum atomic E-state index is -0.489. The number of anilines is 2. The number of H-pyrrole nitrogens is 1. The van der Waals surface area contributed by atoms with Crippen molar-refractivity contribution in [3.63, 3.8) is 0 Å². The molecule has 4 N–H and O–H groups in total. The van der Waals surface area contributed by atoms with Crippen molar-refractivity contribution in [2.75, 3.05) is 58.1 Å². The second kappa shape index (κ2) is 14.4. The molecule has 7 rings (SSSR count). The average molecular weight is 718 g/mol. The van der Waals surface area contributed by atoms with E-state index < -0.39 is 16.8 Å². The van der Waals surface area contributed by atoms with Gasteiger partial charge in [-0.05, 0) is 43.1 Å². The van der Waals surface area contributed by atoms with E-state index in [1.54, 1.807) is 21.6 Å². The molecule has 278 valence electrons. The van der Waals surface area contributed by atoms with Crippen molar-refractivity contribution in [3.8, 4) is 11.8 Å². The first-order chi connectivity index (χ1) is 24.9. The first-order valence-corrected chi connectivity index (χ1v) is 17.5. The number of hydrogen-bond donors (Lipinski definition) is 3. The monoisotopic (exact) mass is 717 g/mol. The van der Waals surface area contributed by atoms with Crippen molar-refractivity contribution < 1.29 is 23.8 Å². The summed E-state index contributed by atoms with van der Waals surface area (Å²) in [5.41, 5.74) is 7.11. The fourth-order valence-electron chi connectivity index (χ4n) is 7.96. The van der Waals surface area contributed by atoms with Crippen molar-refractivity contribution in [3.05, 3.63) is 61.8 Å². The van der Waals surface area contributed by atoms with Crippen molar-refractivity contribution in [2.45, 2.75) is 65.1 Å². The van der Waals surface area contributed by atoms with Crippen LogP contribution < -0.4 is 36.3 Å². The standard InChI is InChI=1S/C36H47N9O7/c1-7-24-29(43-10-12-44(13-11-43)34(49)27-30(47)22(17-50-4)15-39-33(27)52-6)31(48)28(37)32(42-41-23-8-9-38-26(14-23)51-5)45(24)16-25(46)40-36-18-35(19-36,20-36)21(2)3/h8-9,14-15,21H,7,10-13,16-20,37H2,1-6H3,(H,39,47)(H,40,46). The predicted molar refractivity (Wildman–Crippen MR) is 194 cm³/mol. The number of aromatic nitrogens is 3. The summed E-state index contributed by atoms with van der Waals surface area (Å²) < 4.78 is 17.3. The van der Waals surface area contributed by atoms with E-state index in [0.717, 1.165) is 19.3 Å². The number of nitrogens with one attached hydrogen (secondary N) is 2. The van der Waals surface area contributed by atoms with Crippen LogP contribution in [0.3, 0.4) is 0 Å². The zero-order chi connectivity index (χ0) is 37.4. The number of piperazine rings is 1. The lowest BCUT2D eigenvalue weighted by Crippen LogP contribution is -2.76. The zero-order valence-corrected chi connectivity index (χ0v) is 30.6. The molecule has 0 spiro atoms. The van der Waals surface area contributed by atoms with Gasteiger partial charge in [0, 0.05) is 68.5 Å². The molecule has 0 aromatic carbocycles. The van der Waals surface area contributed by atoms with Crippen LogP contribution in [0.5, 0.6) is 11.8 Å². The molecule has 3 aromatic rings. The number of nitrogens with zero attached hydrogens (tertiary/aromatic N) is 6. The number of methoxy groups -OCH3 is 3. The number of ether oxygens (including phenoxy) is 3. The molecule has 2 amide bonds. The summed E-state index contributed by atoms with van der Waals surface area (Å²) in [6.07, 6.45) is 6.23. The third-order valence-electron chi connectivity index (χ3n) is 10.8. The Bertz CT molecular complexity index is 1990.